The van der Waals surface area contributed by atoms with E-state index in [-0.39, 0.29) is 5.91 Å². The average molecular weight is 385 g/mol. The zero-order chi connectivity index (χ0) is 19.3. The zero-order valence-electron chi connectivity index (χ0n) is 15.9. The Morgan fingerprint density at radius 1 is 1.04 bits per heavy atom. The quantitative estimate of drug-likeness (QED) is 0.442. The molecule has 0 unspecified atom stereocenters. The van der Waals surface area contributed by atoms with E-state index in [1.54, 1.807) is 0 Å². The van der Waals surface area contributed by atoms with Crippen LogP contribution in [0.15, 0.2) is 54.6 Å². The van der Waals surface area contributed by atoms with Crippen molar-refractivity contribution in [2.75, 3.05) is 11.9 Å². The molecule has 144 valence electrons. The molecule has 0 fully saturated rings. The summed E-state index contributed by atoms with van der Waals surface area (Å²) in [6, 6.07) is 18.0. The molecule has 0 bridgehead atoms. The molecule has 0 spiro atoms. The molecule has 0 radical (unpaired) electrons. The smallest absolute Gasteiger partial charge is 0.226 e. The van der Waals surface area contributed by atoms with E-state index in [1.165, 1.54) is 5.56 Å². The second-order valence-corrected chi connectivity index (χ2v) is 6.83. The molecule has 4 nitrogen and oxygen atoms in total. The SMILES string of the molecule is CCCCCC(=O)NC(=S)Nc1cccc(OCCCc2ccccc2)c1. The molecule has 0 saturated carbocycles. The molecule has 1 amide bonds. The van der Waals surface area contributed by atoms with Crippen molar-refractivity contribution in [2.45, 2.75) is 45.4 Å². The summed E-state index contributed by atoms with van der Waals surface area (Å²) in [4.78, 5) is 11.8. The number of carbonyl (C=O) groups excluding carboxylic acids is 1. The molecule has 2 aromatic rings. The van der Waals surface area contributed by atoms with Crippen molar-refractivity contribution < 1.29 is 9.53 Å². The Bertz CT molecular complexity index is 719. The van der Waals surface area contributed by atoms with Gasteiger partial charge in [0.25, 0.3) is 0 Å². The highest BCUT2D eigenvalue weighted by Crippen LogP contribution is 2.18. The first-order chi connectivity index (χ1) is 13.2. The summed E-state index contributed by atoms with van der Waals surface area (Å²) >= 11 is 5.21. The van der Waals surface area contributed by atoms with Gasteiger partial charge in [0.2, 0.25) is 5.91 Å². The number of hydrogen-bond donors (Lipinski definition) is 2. The third kappa shape index (κ3) is 8.69. The van der Waals surface area contributed by atoms with E-state index in [4.69, 9.17) is 17.0 Å². The number of anilines is 1. The van der Waals surface area contributed by atoms with Crippen molar-refractivity contribution in [1.29, 1.82) is 0 Å². The van der Waals surface area contributed by atoms with Gasteiger partial charge in [-0.05, 0) is 49.2 Å². The number of aryl methyl sites for hydroxylation is 1. The lowest BCUT2D eigenvalue weighted by Crippen LogP contribution is -2.33. The summed E-state index contributed by atoms with van der Waals surface area (Å²) in [6.07, 6.45) is 5.48. The molecular weight excluding hydrogens is 356 g/mol. The maximum atomic E-state index is 11.8. The van der Waals surface area contributed by atoms with Crippen LogP contribution >= 0.6 is 12.2 Å². The lowest BCUT2D eigenvalue weighted by Gasteiger charge is -2.11. The van der Waals surface area contributed by atoms with Crippen molar-refractivity contribution in [1.82, 2.24) is 5.32 Å². The van der Waals surface area contributed by atoms with Crippen molar-refractivity contribution in [3.8, 4) is 5.75 Å². The number of ether oxygens (including phenoxy) is 1. The Labute approximate surface area is 167 Å². The third-order valence-electron chi connectivity index (χ3n) is 4.07. The van der Waals surface area contributed by atoms with E-state index in [9.17, 15) is 4.79 Å². The van der Waals surface area contributed by atoms with Crippen molar-refractivity contribution in [2.24, 2.45) is 0 Å². The van der Waals surface area contributed by atoms with Crippen LogP contribution in [0.3, 0.4) is 0 Å². The van der Waals surface area contributed by atoms with Gasteiger partial charge in [0.1, 0.15) is 5.75 Å². The predicted molar refractivity (Wildman–Crippen MR) is 115 cm³/mol. The summed E-state index contributed by atoms with van der Waals surface area (Å²) in [7, 11) is 0. The van der Waals surface area contributed by atoms with Gasteiger partial charge in [-0.2, -0.15) is 0 Å². The molecule has 0 aliphatic heterocycles. The number of thiocarbonyl (C=S) groups is 1. The number of rotatable bonds is 10. The van der Waals surface area contributed by atoms with Crippen LogP contribution < -0.4 is 15.4 Å². The first-order valence-corrected chi connectivity index (χ1v) is 9.96. The normalized spacial score (nSPS) is 10.3. The Morgan fingerprint density at radius 2 is 1.85 bits per heavy atom. The molecule has 0 aromatic heterocycles. The first-order valence-electron chi connectivity index (χ1n) is 9.55. The van der Waals surface area contributed by atoms with Gasteiger partial charge in [0.05, 0.1) is 6.61 Å². The maximum Gasteiger partial charge on any atom is 0.226 e. The lowest BCUT2D eigenvalue weighted by atomic mass is 10.1. The Hall–Kier alpha value is -2.40. The van der Waals surface area contributed by atoms with E-state index >= 15 is 0 Å². The van der Waals surface area contributed by atoms with E-state index in [1.807, 2.05) is 30.3 Å². The number of unbranched alkanes of at least 4 members (excludes halogenated alkanes) is 2. The van der Waals surface area contributed by atoms with Crippen molar-refractivity contribution in [3.63, 3.8) is 0 Å². The van der Waals surface area contributed by atoms with Gasteiger partial charge in [0, 0.05) is 18.2 Å². The second kappa shape index (κ2) is 12.1. The summed E-state index contributed by atoms with van der Waals surface area (Å²) < 4.78 is 5.83. The van der Waals surface area contributed by atoms with Crippen LogP contribution in [0.5, 0.6) is 5.75 Å². The minimum atomic E-state index is -0.0470. The van der Waals surface area contributed by atoms with E-state index < -0.39 is 0 Å². The summed E-state index contributed by atoms with van der Waals surface area (Å²) in [5.74, 6) is 0.736. The molecule has 0 atom stereocenters. The number of amides is 1. The number of carbonyl (C=O) groups is 1. The molecule has 2 N–H and O–H groups in total. The fraction of sp³-hybridized carbons (Fsp3) is 0.364. The van der Waals surface area contributed by atoms with Gasteiger partial charge >= 0.3 is 0 Å². The molecule has 0 aliphatic carbocycles. The monoisotopic (exact) mass is 384 g/mol. The van der Waals surface area contributed by atoms with Crippen LogP contribution in [0.4, 0.5) is 5.69 Å². The van der Waals surface area contributed by atoms with Gasteiger partial charge in [-0.15, -0.1) is 0 Å². The van der Waals surface area contributed by atoms with E-state index in [2.05, 4.69) is 41.8 Å². The minimum absolute atomic E-state index is 0.0470. The van der Waals surface area contributed by atoms with Crippen molar-refractivity contribution >= 4 is 28.9 Å². The average Bonchev–Trinajstić information content (AvgIpc) is 2.66. The second-order valence-electron chi connectivity index (χ2n) is 6.42. The standard InChI is InChI=1S/C22H28N2O2S/c1-2-3-5-15-21(25)24-22(27)23-19-13-8-14-20(17-19)26-16-9-12-18-10-6-4-7-11-18/h4,6-8,10-11,13-14,17H,2-3,5,9,12,15-16H2,1H3,(H2,23,24,25,27). The maximum absolute atomic E-state index is 11.8. The summed E-state index contributed by atoms with van der Waals surface area (Å²) in [5, 5.41) is 6.07. The summed E-state index contributed by atoms with van der Waals surface area (Å²) in [6.45, 7) is 2.76. The molecule has 2 rings (SSSR count). The molecule has 0 heterocycles. The molecular formula is C22H28N2O2S. The number of nitrogens with one attached hydrogen (secondary N) is 2. The first kappa shape index (κ1) is 20.9. The third-order valence-corrected chi connectivity index (χ3v) is 4.28. The highest BCUT2D eigenvalue weighted by molar-refractivity contribution is 7.80. The van der Waals surface area contributed by atoms with Gasteiger partial charge < -0.3 is 15.4 Å². The molecule has 5 heteroatoms. The zero-order valence-corrected chi connectivity index (χ0v) is 16.7. The highest BCUT2D eigenvalue weighted by atomic mass is 32.1. The van der Waals surface area contributed by atoms with Crippen LogP contribution in [0, 0.1) is 0 Å². The Kier molecular flexibility index (Phi) is 9.35. The molecule has 0 aliphatic rings. The summed E-state index contributed by atoms with van der Waals surface area (Å²) in [5.41, 5.74) is 2.12. The van der Waals surface area contributed by atoms with Gasteiger partial charge in [-0.3, -0.25) is 4.79 Å². The van der Waals surface area contributed by atoms with Crippen LogP contribution in [-0.4, -0.2) is 17.6 Å². The van der Waals surface area contributed by atoms with Crippen molar-refractivity contribution in [3.05, 3.63) is 60.2 Å². The molecule has 2 aromatic carbocycles. The van der Waals surface area contributed by atoms with Crippen LogP contribution in [0.1, 0.15) is 44.6 Å². The Morgan fingerprint density at radius 3 is 2.63 bits per heavy atom. The van der Waals surface area contributed by atoms with Crippen LogP contribution in [-0.2, 0) is 11.2 Å². The lowest BCUT2D eigenvalue weighted by molar-refractivity contribution is -0.119. The van der Waals surface area contributed by atoms with Gasteiger partial charge in [0.15, 0.2) is 5.11 Å². The van der Waals surface area contributed by atoms with Crippen LogP contribution in [0.25, 0.3) is 0 Å². The molecule has 27 heavy (non-hydrogen) atoms. The topological polar surface area (TPSA) is 50.4 Å². The number of benzene rings is 2. The largest absolute Gasteiger partial charge is 0.494 e. The van der Waals surface area contributed by atoms with Gasteiger partial charge in [-0.25, -0.2) is 0 Å². The number of hydrogen-bond acceptors (Lipinski definition) is 3. The predicted octanol–water partition coefficient (Wildman–Crippen LogP) is 5.09. The van der Waals surface area contributed by atoms with Gasteiger partial charge in [-0.1, -0.05) is 56.2 Å². The fourth-order valence-corrected chi connectivity index (χ4v) is 2.89. The van der Waals surface area contributed by atoms with Crippen LogP contribution in [0.2, 0.25) is 0 Å². The minimum Gasteiger partial charge on any atom is -0.494 e. The van der Waals surface area contributed by atoms with E-state index in [0.29, 0.717) is 18.1 Å². The highest BCUT2D eigenvalue weighted by Gasteiger charge is 2.05. The Balaban J connectivity index is 1.72. The fourth-order valence-electron chi connectivity index (χ4n) is 2.66. The van der Waals surface area contributed by atoms with E-state index in [0.717, 1.165) is 43.5 Å². The molecule has 0 saturated heterocycles.